The van der Waals surface area contributed by atoms with E-state index in [-0.39, 0.29) is 47.8 Å². The lowest BCUT2D eigenvalue weighted by atomic mass is 9.45. The van der Waals surface area contributed by atoms with Crippen molar-refractivity contribution in [3.05, 3.63) is 58.8 Å². The van der Waals surface area contributed by atoms with E-state index in [1.807, 2.05) is 19.1 Å². The molecule has 3 saturated carbocycles. The van der Waals surface area contributed by atoms with Gasteiger partial charge in [-0.15, -0.1) is 0 Å². The second-order valence-corrected chi connectivity index (χ2v) is 12.6. The third-order valence-corrected chi connectivity index (χ3v) is 10.6. The first-order valence-corrected chi connectivity index (χ1v) is 14.3. The maximum Gasteiger partial charge on any atom is 0.249 e. The van der Waals surface area contributed by atoms with Crippen LogP contribution in [0.2, 0.25) is 0 Å². The number of hydroxylamine groups is 1. The number of carboxylic acids is 1. The van der Waals surface area contributed by atoms with E-state index in [0.717, 1.165) is 24.1 Å². The van der Waals surface area contributed by atoms with Gasteiger partial charge in [0, 0.05) is 12.0 Å². The third kappa shape index (κ3) is 5.01. The summed E-state index contributed by atoms with van der Waals surface area (Å²) in [5.41, 5.74) is 3.00. The number of aromatic carboxylic acids is 1. The molecule has 0 heterocycles. The highest BCUT2D eigenvalue weighted by molar-refractivity contribution is 5.89. The Bertz CT molecular complexity index is 1280. The fourth-order valence-corrected chi connectivity index (χ4v) is 8.41. The van der Waals surface area contributed by atoms with Gasteiger partial charge >= 0.3 is 0 Å². The van der Waals surface area contributed by atoms with E-state index >= 15 is 0 Å². The maximum atomic E-state index is 12.6. The number of hydrogen-bond acceptors (Lipinski definition) is 9. The number of amides is 1. The van der Waals surface area contributed by atoms with E-state index in [4.69, 9.17) is 4.84 Å². The summed E-state index contributed by atoms with van der Waals surface area (Å²) in [6.07, 6.45) is 7.04. The molecular formula is C31H39N2O8-. The largest absolute Gasteiger partial charge is 0.545 e. The molecule has 3 fully saturated rings. The van der Waals surface area contributed by atoms with Gasteiger partial charge in [-0.3, -0.25) is 19.9 Å². The number of nitrogens with one attached hydrogen (secondary N) is 2. The van der Waals surface area contributed by atoms with Crippen molar-refractivity contribution >= 4 is 17.7 Å². The molecule has 0 bridgehead atoms. The molecule has 1 aromatic carbocycles. The number of fused-ring (bicyclic) bond motifs is 5. The Morgan fingerprint density at radius 2 is 1.88 bits per heavy atom. The van der Waals surface area contributed by atoms with Gasteiger partial charge in [-0.1, -0.05) is 49.8 Å². The number of hydrogen-bond donors (Lipinski definition) is 5. The quantitative estimate of drug-likeness (QED) is 0.272. The van der Waals surface area contributed by atoms with Crippen LogP contribution in [0.5, 0.6) is 0 Å². The Morgan fingerprint density at radius 1 is 1.15 bits per heavy atom. The molecule has 7 atom stereocenters. The molecule has 1 aromatic rings. The monoisotopic (exact) mass is 567 g/mol. The van der Waals surface area contributed by atoms with Crippen molar-refractivity contribution in [2.45, 2.75) is 70.6 Å². The van der Waals surface area contributed by atoms with E-state index in [0.29, 0.717) is 25.7 Å². The van der Waals surface area contributed by atoms with Crippen molar-refractivity contribution in [1.82, 2.24) is 10.8 Å². The molecular weight excluding hydrogens is 528 g/mol. The van der Waals surface area contributed by atoms with Crippen molar-refractivity contribution in [3.63, 3.8) is 0 Å². The zero-order valence-electron chi connectivity index (χ0n) is 23.5. The number of rotatable bonds is 9. The molecule has 0 spiro atoms. The summed E-state index contributed by atoms with van der Waals surface area (Å²) in [4.78, 5) is 41.1. The topological polar surface area (TPSA) is 168 Å². The summed E-state index contributed by atoms with van der Waals surface area (Å²) in [6, 6.07) is 6.08. The number of aliphatic hydroxyl groups is 3. The van der Waals surface area contributed by atoms with Crippen LogP contribution in [0, 0.1) is 28.6 Å². The second-order valence-electron chi connectivity index (χ2n) is 12.6. The lowest BCUT2D eigenvalue weighted by Gasteiger charge is -2.60. The molecule has 10 heteroatoms. The molecule has 4 aliphatic carbocycles. The minimum atomic E-state index is -1.61. The zero-order valence-corrected chi connectivity index (χ0v) is 23.5. The standard InChI is InChI=1S/C31H40N2O8/c1-29-11-9-21(33-41-17-26(37)32-15-18-3-5-19(6-4-18)28(38)39)13-20(29)7-8-22-23-10-12-31(40,25(36)16-34)30(23,2)14-24(35)27(22)29/h3-6,9,13,22-24,27,33-35,40H,7-8,10-12,14-17H2,1-2H3,(H,32,37)(H,38,39)/p-1/t22-,23+,24-,27+,29-,30+,31-/m1/s1. The van der Waals surface area contributed by atoms with Crippen molar-refractivity contribution in [3.8, 4) is 0 Å². The number of carbonyl (C=O) groups is 3. The van der Waals surface area contributed by atoms with Crippen LogP contribution >= 0.6 is 0 Å². The van der Waals surface area contributed by atoms with Gasteiger partial charge in [0.2, 0.25) is 5.91 Å². The van der Waals surface area contributed by atoms with Gasteiger partial charge < -0.3 is 30.5 Å². The smallest absolute Gasteiger partial charge is 0.249 e. The summed E-state index contributed by atoms with van der Waals surface area (Å²) in [5.74, 6) is -1.90. The number of carboxylic acid groups (broad SMARTS) is 1. The molecule has 10 nitrogen and oxygen atoms in total. The predicted octanol–water partition coefficient (Wildman–Crippen LogP) is 0.907. The predicted molar refractivity (Wildman–Crippen MR) is 145 cm³/mol. The van der Waals surface area contributed by atoms with Crippen LogP contribution in [-0.2, 0) is 21.0 Å². The summed E-state index contributed by atoms with van der Waals surface area (Å²) < 4.78 is 0. The van der Waals surface area contributed by atoms with Crippen molar-refractivity contribution in [2.24, 2.45) is 28.6 Å². The van der Waals surface area contributed by atoms with Gasteiger partial charge in [0.1, 0.15) is 12.2 Å². The van der Waals surface area contributed by atoms with Crippen molar-refractivity contribution < 1.29 is 39.6 Å². The Kier molecular flexibility index (Phi) is 7.88. The first-order valence-electron chi connectivity index (χ1n) is 14.3. The first kappa shape index (κ1) is 29.4. The van der Waals surface area contributed by atoms with Crippen LogP contribution in [-0.4, -0.2) is 57.9 Å². The molecule has 222 valence electrons. The van der Waals surface area contributed by atoms with E-state index in [1.54, 1.807) is 12.1 Å². The fraction of sp³-hybridized carbons (Fsp3) is 0.581. The molecule has 41 heavy (non-hydrogen) atoms. The highest BCUT2D eigenvalue weighted by atomic mass is 16.6. The SMILES string of the molecule is C[C@]12C[C@@H](O)[C@@H]3[C@H](CCC4=CC(NOCC(=O)NCc5ccc(C(=O)[O-])cc5)=CC[C@]43C)[C@@H]1CC[C@@]2(O)C(=O)CO. The molecule has 1 amide bonds. The average Bonchev–Trinajstić information content (AvgIpc) is 3.22. The normalized spacial score (nSPS) is 35.7. The van der Waals surface area contributed by atoms with Crippen LogP contribution in [0.25, 0.3) is 0 Å². The van der Waals surface area contributed by atoms with Gasteiger partial charge in [-0.25, -0.2) is 0 Å². The molecule has 0 aromatic heterocycles. The van der Waals surface area contributed by atoms with Crippen LogP contribution in [0.3, 0.4) is 0 Å². The Labute approximate surface area is 239 Å². The van der Waals surface area contributed by atoms with Crippen molar-refractivity contribution in [2.75, 3.05) is 13.2 Å². The summed E-state index contributed by atoms with van der Waals surface area (Å²) >= 11 is 0. The molecule has 0 aliphatic heterocycles. The lowest BCUT2D eigenvalue weighted by Crippen LogP contribution is -2.61. The number of benzene rings is 1. The molecule has 0 saturated heterocycles. The number of aliphatic hydroxyl groups excluding tert-OH is 2. The van der Waals surface area contributed by atoms with Gasteiger partial charge in [0.25, 0.3) is 0 Å². The first-order chi connectivity index (χ1) is 19.4. The molecule has 5 N–H and O–H groups in total. The maximum absolute atomic E-state index is 12.6. The summed E-state index contributed by atoms with van der Waals surface area (Å²) in [6.45, 7) is 3.42. The highest BCUT2D eigenvalue weighted by Crippen LogP contribution is 2.67. The highest BCUT2D eigenvalue weighted by Gasteiger charge is 2.68. The minimum absolute atomic E-state index is 0.0162. The Hall–Kier alpha value is -3.05. The van der Waals surface area contributed by atoms with Gasteiger partial charge in [-0.05, 0) is 78.9 Å². The van der Waals surface area contributed by atoms with Gasteiger partial charge in [0.15, 0.2) is 12.4 Å². The van der Waals surface area contributed by atoms with Crippen LogP contribution in [0.1, 0.15) is 68.3 Å². The van der Waals surface area contributed by atoms with E-state index in [2.05, 4.69) is 17.7 Å². The zero-order chi connectivity index (χ0) is 29.6. The fourth-order valence-electron chi connectivity index (χ4n) is 8.41. The Morgan fingerprint density at radius 3 is 2.56 bits per heavy atom. The molecule has 4 aliphatic rings. The Balaban J connectivity index is 1.17. The number of Topliss-reactive ketones (excluding diaryl/α,β-unsaturated/α-hetero) is 1. The lowest BCUT2D eigenvalue weighted by molar-refractivity contribution is -0.255. The van der Waals surface area contributed by atoms with Gasteiger partial charge in [-0.2, -0.15) is 0 Å². The van der Waals surface area contributed by atoms with E-state index < -0.39 is 35.5 Å². The number of carbonyl (C=O) groups excluding carboxylic acids is 3. The second kappa shape index (κ2) is 11.0. The molecule has 5 rings (SSSR count). The van der Waals surface area contributed by atoms with Gasteiger partial charge in [0.05, 0.1) is 17.8 Å². The van der Waals surface area contributed by atoms with E-state index in [9.17, 15) is 34.8 Å². The average molecular weight is 568 g/mol. The van der Waals surface area contributed by atoms with Crippen LogP contribution in [0.15, 0.2) is 47.7 Å². The summed E-state index contributed by atoms with van der Waals surface area (Å²) in [5, 5.41) is 46.0. The van der Waals surface area contributed by atoms with Crippen LogP contribution in [0.4, 0.5) is 0 Å². The number of ketones is 1. The van der Waals surface area contributed by atoms with E-state index in [1.165, 1.54) is 17.7 Å². The number of allylic oxidation sites excluding steroid dienone is 3. The van der Waals surface area contributed by atoms with Crippen molar-refractivity contribution in [1.29, 1.82) is 0 Å². The molecule has 0 radical (unpaired) electrons. The van der Waals surface area contributed by atoms with Crippen LogP contribution < -0.4 is 15.9 Å². The summed E-state index contributed by atoms with van der Waals surface area (Å²) in [7, 11) is 0. The molecule has 0 unspecified atom stereocenters. The minimum Gasteiger partial charge on any atom is -0.545 e. The third-order valence-electron chi connectivity index (χ3n) is 10.6.